The summed E-state index contributed by atoms with van der Waals surface area (Å²) in [4.78, 5) is 0. The summed E-state index contributed by atoms with van der Waals surface area (Å²) >= 11 is 0. The van der Waals surface area contributed by atoms with Crippen LogP contribution in [0.15, 0.2) is 4.42 Å². The number of aromatic nitrogens is 2. The van der Waals surface area contributed by atoms with E-state index in [1.807, 2.05) is 0 Å². The van der Waals surface area contributed by atoms with Crippen molar-refractivity contribution in [3.8, 4) is 0 Å². The van der Waals surface area contributed by atoms with Gasteiger partial charge in [0.25, 0.3) is 0 Å². The average molecular weight is 262 g/mol. The van der Waals surface area contributed by atoms with E-state index in [-0.39, 0.29) is 0 Å². The molecule has 1 rings (SSSR count). The Hall–Kier alpha value is -0.990. The zero-order chi connectivity index (χ0) is 13.1. The Kier molecular flexibility index (Phi) is 4.23. The molecule has 0 saturated heterocycles. The van der Waals surface area contributed by atoms with Gasteiger partial charge in [0.15, 0.2) is 0 Å². The van der Waals surface area contributed by atoms with Gasteiger partial charge in [0, 0.05) is 19.0 Å². The molecule has 0 aliphatic carbocycles. The zero-order valence-corrected chi connectivity index (χ0v) is 11.3. The molecule has 1 aromatic rings. The van der Waals surface area contributed by atoms with Crippen LogP contribution in [0, 0.1) is 6.92 Å². The van der Waals surface area contributed by atoms with Gasteiger partial charge in [-0.3, -0.25) is 0 Å². The van der Waals surface area contributed by atoms with Gasteiger partial charge < -0.3 is 9.73 Å². The van der Waals surface area contributed by atoms with Gasteiger partial charge in [-0.05, 0) is 13.8 Å². The van der Waals surface area contributed by atoms with Crippen LogP contribution in [0.4, 0.5) is 0 Å². The molecule has 0 radical (unpaired) electrons. The summed E-state index contributed by atoms with van der Waals surface area (Å²) < 4.78 is 29.9. The van der Waals surface area contributed by atoms with Gasteiger partial charge in [-0.2, -0.15) is 0 Å². The van der Waals surface area contributed by atoms with E-state index in [1.165, 1.54) is 0 Å². The van der Waals surface area contributed by atoms with Crippen LogP contribution in [0.25, 0.3) is 0 Å². The summed E-state index contributed by atoms with van der Waals surface area (Å²) in [5.74, 6) is 0.993. The highest BCUT2D eigenvalue weighted by Gasteiger charge is 2.21. The zero-order valence-electron chi connectivity index (χ0n) is 10.4. The third-order valence-electron chi connectivity index (χ3n) is 1.87. The summed E-state index contributed by atoms with van der Waals surface area (Å²) in [6.45, 7) is 6.17. The lowest BCUT2D eigenvalue weighted by atomic mass is 10.1. The topological polar surface area (TPSA) is 97.1 Å². The smallest absolute Gasteiger partial charge is 0.230 e. The first-order valence-electron chi connectivity index (χ1n) is 5.17. The van der Waals surface area contributed by atoms with Crippen LogP contribution in [0.1, 0.15) is 25.6 Å². The molecule has 0 saturated carbocycles. The first-order chi connectivity index (χ1) is 7.68. The second kappa shape index (κ2) is 5.11. The number of rotatable bonds is 6. The van der Waals surface area contributed by atoms with Crippen molar-refractivity contribution >= 4 is 10.0 Å². The van der Waals surface area contributed by atoms with Crippen LogP contribution in [0.5, 0.6) is 0 Å². The first kappa shape index (κ1) is 14.1. The van der Waals surface area contributed by atoms with Crippen molar-refractivity contribution in [2.45, 2.75) is 32.9 Å². The van der Waals surface area contributed by atoms with Gasteiger partial charge in [-0.1, -0.05) is 0 Å². The normalized spacial score (nSPS) is 12.9. The Morgan fingerprint density at radius 3 is 2.47 bits per heavy atom. The van der Waals surface area contributed by atoms with E-state index in [2.05, 4.69) is 20.2 Å². The number of nitrogens with one attached hydrogen (secondary N) is 2. The van der Waals surface area contributed by atoms with Crippen molar-refractivity contribution in [1.29, 1.82) is 0 Å². The molecular formula is C9H18N4O3S. The summed E-state index contributed by atoms with van der Waals surface area (Å²) in [7, 11) is -3.21. The van der Waals surface area contributed by atoms with Crippen molar-refractivity contribution in [3.63, 3.8) is 0 Å². The van der Waals surface area contributed by atoms with Gasteiger partial charge in [0.2, 0.25) is 21.8 Å². The molecule has 8 heteroatoms. The van der Waals surface area contributed by atoms with Crippen LogP contribution >= 0.6 is 0 Å². The van der Waals surface area contributed by atoms with E-state index in [1.54, 1.807) is 20.8 Å². The molecule has 0 fully saturated rings. The quantitative estimate of drug-likeness (QED) is 0.736. The Balaban J connectivity index is 2.40. The molecule has 0 aliphatic rings. The summed E-state index contributed by atoms with van der Waals surface area (Å²) in [5, 5.41) is 10.6. The maximum atomic E-state index is 11.1. The van der Waals surface area contributed by atoms with Crippen LogP contribution in [-0.4, -0.2) is 37.0 Å². The van der Waals surface area contributed by atoms with Crippen molar-refractivity contribution in [1.82, 2.24) is 20.2 Å². The number of aryl methyl sites for hydroxylation is 1. The number of nitrogens with zero attached hydrogens (tertiary/aromatic N) is 2. The monoisotopic (exact) mass is 262 g/mol. The molecule has 0 aromatic carbocycles. The minimum absolute atomic E-state index is 0.412. The third-order valence-corrected chi connectivity index (χ3v) is 2.80. The minimum Gasteiger partial charge on any atom is -0.424 e. The number of hydrogen-bond acceptors (Lipinski definition) is 6. The Labute approximate surface area is 101 Å². The lowest BCUT2D eigenvalue weighted by Gasteiger charge is -2.24. The Morgan fingerprint density at radius 2 is 2.00 bits per heavy atom. The van der Waals surface area contributed by atoms with E-state index >= 15 is 0 Å². The van der Waals surface area contributed by atoms with Crippen LogP contribution < -0.4 is 10.0 Å². The van der Waals surface area contributed by atoms with E-state index < -0.39 is 15.6 Å². The summed E-state index contributed by atoms with van der Waals surface area (Å²) in [6.07, 6.45) is 1.14. The van der Waals surface area contributed by atoms with Crippen LogP contribution in [0.2, 0.25) is 0 Å². The second-order valence-corrected chi connectivity index (χ2v) is 6.32. The standard InChI is InChI=1S/C9H18N4O3S/c1-7-11-12-8(16-7)5-10-6-9(2,3)13-17(4,14)15/h10,13H,5-6H2,1-4H3. The van der Waals surface area contributed by atoms with Gasteiger partial charge in [0.05, 0.1) is 12.8 Å². The van der Waals surface area contributed by atoms with Crippen LogP contribution in [-0.2, 0) is 16.6 Å². The summed E-state index contributed by atoms with van der Waals surface area (Å²) in [5.41, 5.74) is -0.567. The Bertz CT molecular complexity index is 466. The highest BCUT2D eigenvalue weighted by molar-refractivity contribution is 7.88. The fourth-order valence-electron chi connectivity index (χ4n) is 1.43. The molecule has 7 nitrogen and oxygen atoms in total. The van der Waals surface area contributed by atoms with E-state index in [9.17, 15) is 8.42 Å². The van der Waals surface area contributed by atoms with Crippen molar-refractivity contribution < 1.29 is 12.8 Å². The number of hydrogen-bond donors (Lipinski definition) is 2. The van der Waals surface area contributed by atoms with Gasteiger partial charge in [-0.15, -0.1) is 10.2 Å². The first-order valence-corrected chi connectivity index (χ1v) is 7.06. The fraction of sp³-hybridized carbons (Fsp3) is 0.778. The number of sulfonamides is 1. The van der Waals surface area contributed by atoms with Gasteiger partial charge in [0.1, 0.15) is 0 Å². The van der Waals surface area contributed by atoms with Gasteiger partial charge >= 0.3 is 0 Å². The molecule has 0 spiro atoms. The summed E-state index contributed by atoms with van der Waals surface area (Å²) in [6, 6.07) is 0. The largest absolute Gasteiger partial charge is 0.424 e. The van der Waals surface area contributed by atoms with E-state index in [0.29, 0.717) is 24.9 Å². The third kappa shape index (κ3) is 5.76. The fourth-order valence-corrected chi connectivity index (χ4v) is 2.50. The molecule has 0 atom stereocenters. The predicted molar refractivity (Wildman–Crippen MR) is 62.8 cm³/mol. The SMILES string of the molecule is Cc1nnc(CNCC(C)(C)NS(C)(=O)=O)o1. The van der Waals surface area contributed by atoms with Crippen LogP contribution in [0.3, 0.4) is 0 Å². The highest BCUT2D eigenvalue weighted by Crippen LogP contribution is 2.03. The second-order valence-electron chi connectivity index (χ2n) is 4.58. The maximum absolute atomic E-state index is 11.1. The molecule has 0 amide bonds. The molecule has 2 N–H and O–H groups in total. The van der Waals surface area contributed by atoms with E-state index in [4.69, 9.17) is 4.42 Å². The van der Waals surface area contributed by atoms with Crippen molar-refractivity contribution in [2.24, 2.45) is 0 Å². The van der Waals surface area contributed by atoms with Gasteiger partial charge in [-0.25, -0.2) is 13.1 Å². The Morgan fingerprint density at radius 1 is 1.35 bits per heavy atom. The maximum Gasteiger partial charge on any atom is 0.230 e. The lowest BCUT2D eigenvalue weighted by Crippen LogP contribution is -2.49. The molecule has 1 aromatic heterocycles. The van der Waals surface area contributed by atoms with Crippen molar-refractivity contribution in [3.05, 3.63) is 11.8 Å². The minimum atomic E-state index is -3.21. The molecule has 0 bridgehead atoms. The molecule has 98 valence electrons. The molecule has 0 unspecified atom stereocenters. The molecule has 0 aliphatic heterocycles. The highest BCUT2D eigenvalue weighted by atomic mass is 32.2. The predicted octanol–water partition coefficient (Wildman–Crippen LogP) is -0.205. The average Bonchev–Trinajstić information content (AvgIpc) is 2.46. The lowest BCUT2D eigenvalue weighted by molar-refractivity contribution is 0.393. The molecular weight excluding hydrogens is 244 g/mol. The van der Waals surface area contributed by atoms with E-state index in [0.717, 1.165) is 6.26 Å². The molecule has 1 heterocycles. The van der Waals surface area contributed by atoms with Crippen molar-refractivity contribution in [2.75, 3.05) is 12.8 Å². The molecule has 17 heavy (non-hydrogen) atoms.